The fourth-order valence-corrected chi connectivity index (χ4v) is 3.52. The van der Waals surface area contributed by atoms with Crippen LogP contribution in [0.5, 0.6) is 0 Å². The van der Waals surface area contributed by atoms with Crippen molar-refractivity contribution in [1.82, 2.24) is 10.3 Å². The number of benzene rings is 2. The first-order chi connectivity index (χ1) is 13.5. The van der Waals surface area contributed by atoms with Crippen molar-refractivity contribution in [2.24, 2.45) is 0 Å². The number of hydrogen-bond acceptors (Lipinski definition) is 4. The zero-order valence-corrected chi connectivity index (χ0v) is 17.1. The molecule has 0 radical (unpaired) electrons. The third-order valence-corrected chi connectivity index (χ3v) is 5.34. The summed E-state index contributed by atoms with van der Waals surface area (Å²) in [5.41, 5.74) is 3.39. The van der Waals surface area contributed by atoms with Gasteiger partial charge in [-0.2, -0.15) is 0 Å². The monoisotopic (exact) mass is 413 g/mol. The summed E-state index contributed by atoms with van der Waals surface area (Å²) in [6.07, 6.45) is 0.983. The number of hydrogen-bond donors (Lipinski definition) is 2. The molecule has 28 heavy (non-hydrogen) atoms. The number of nitrogens with zero attached hydrogens (tertiary/aromatic N) is 1. The summed E-state index contributed by atoms with van der Waals surface area (Å²) < 4.78 is 0. The van der Waals surface area contributed by atoms with Crippen LogP contribution < -0.4 is 10.6 Å². The highest BCUT2D eigenvalue weighted by Crippen LogP contribution is 2.25. The molecule has 3 rings (SSSR count). The number of anilines is 1. The van der Waals surface area contributed by atoms with Gasteiger partial charge in [0, 0.05) is 10.9 Å². The predicted molar refractivity (Wildman–Crippen MR) is 114 cm³/mol. The second-order valence-electron chi connectivity index (χ2n) is 6.25. The minimum Gasteiger partial charge on any atom is -0.340 e. The van der Waals surface area contributed by atoms with E-state index in [9.17, 15) is 9.59 Å². The molecule has 0 aliphatic carbocycles. The summed E-state index contributed by atoms with van der Waals surface area (Å²) in [6.45, 7) is 3.72. The second kappa shape index (κ2) is 8.99. The van der Waals surface area contributed by atoms with Crippen molar-refractivity contribution >= 4 is 39.9 Å². The molecule has 2 N–H and O–H groups in total. The van der Waals surface area contributed by atoms with Crippen molar-refractivity contribution in [3.8, 4) is 11.3 Å². The second-order valence-corrected chi connectivity index (χ2v) is 7.52. The smallest absolute Gasteiger partial charge is 0.253 e. The summed E-state index contributed by atoms with van der Waals surface area (Å²) >= 11 is 7.36. The van der Waals surface area contributed by atoms with E-state index in [-0.39, 0.29) is 5.91 Å². The summed E-state index contributed by atoms with van der Waals surface area (Å²) in [4.78, 5) is 29.1. The molecule has 0 saturated heterocycles. The van der Waals surface area contributed by atoms with E-state index in [1.54, 1.807) is 31.2 Å². The van der Waals surface area contributed by atoms with Gasteiger partial charge in [-0.25, -0.2) is 4.98 Å². The lowest BCUT2D eigenvalue weighted by atomic mass is 10.1. The Bertz CT molecular complexity index is 985. The van der Waals surface area contributed by atoms with Crippen molar-refractivity contribution in [1.29, 1.82) is 0 Å². The average Bonchev–Trinajstić information content (AvgIpc) is 3.16. The zero-order valence-electron chi connectivity index (χ0n) is 15.5. The van der Waals surface area contributed by atoms with Crippen LogP contribution in [-0.4, -0.2) is 22.8 Å². The maximum Gasteiger partial charge on any atom is 0.253 e. The SMILES string of the molecule is CCc1ccc(-c2csc(NC(=O)[C@H](C)NC(=O)c3ccccc3Cl)n2)cc1. The van der Waals surface area contributed by atoms with Crippen molar-refractivity contribution in [2.75, 3.05) is 5.32 Å². The first kappa shape index (κ1) is 20.0. The number of carbonyl (C=O) groups is 2. The third-order valence-electron chi connectivity index (χ3n) is 4.25. The number of halogens is 1. The lowest BCUT2D eigenvalue weighted by Gasteiger charge is -2.13. The molecule has 7 heteroatoms. The van der Waals surface area contributed by atoms with E-state index in [4.69, 9.17) is 11.6 Å². The molecule has 0 spiro atoms. The molecule has 0 unspecified atom stereocenters. The number of aryl methyl sites for hydroxylation is 1. The molecule has 0 fully saturated rings. The Hall–Kier alpha value is -2.70. The Morgan fingerprint density at radius 3 is 2.54 bits per heavy atom. The molecule has 2 aromatic carbocycles. The molecule has 1 atom stereocenters. The van der Waals surface area contributed by atoms with E-state index < -0.39 is 11.9 Å². The van der Waals surface area contributed by atoms with Crippen LogP contribution in [0.25, 0.3) is 11.3 Å². The lowest BCUT2D eigenvalue weighted by molar-refractivity contribution is -0.117. The fourth-order valence-electron chi connectivity index (χ4n) is 2.57. The van der Waals surface area contributed by atoms with Gasteiger partial charge in [-0.3, -0.25) is 9.59 Å². The Morgan fingerprint density at radius 1 is 1.14 bits per heavy atom. The number of nitrogens with one attached hydrogen (secondary N) is 2. The highest BCUT2D eigenvalue weighted by Gasteiger charge is 2.19. The van der Waals surface area contributed by atoms with E-state index in [0.717, 1.165) is 17.7 Å². The van der Waals surface area contributed by atoms with Gasteiger partial charge in [-0.05, 0) is 31.0 Å². The van der Waals surface area contributed by atoms with Gasteiger partial charge in [0.15, 0.2) is 5.13 Å². The lowest BCUT2D eigenvalue weighted by Crippen LogP contribution is -2.41. The largest absolute Gasteiger partial charge is 0.340 e. The number of aromatic nitrogens is 1. The van der Waals surface area contributed by atoms with Crippen LogP contribution in [0, 0.1) is 0 Å². The van der Waals surface area contributed by atoms with Crippen molar-refractivity contribution in [3.05, 3.63) is 70.1 Å². The maximum atomic E-state index is 12.4. The Labute approximate surface area is 172 Å². The van der Waals surface area contributed by atoms with Gasteiger partial charge in [-0.15, -0.1) is 11.3 Å². The molecule has 1 aromatic heterocycles. The molecule has 144 valence electrons. The Kier molecular flexibility index (Phi) is 6.44. The number of amides is 2. The molecule has 0 aliphatic heterocycles. The van der Waals surface area contributed by atoms with Gasteiger partial charge >= 0.3 is 0 Å². The molecule has 0 aliphatic rings. The van der Waals surface area contributed by atoms with Crippen LogP contribution in [0.15, 0.2) is 53.9 Å². The molecule has 0 bridgehead atoms. The summed E-state index contributed by atoms with van der Waals surface area (Å²) in [6, 6.07) is 14.1. The van der Waals surface area contributed by atoms with E-state index in [1.165, 1.54) is 16.9 Å². The first-order valence-electron chi connectivity index (χ1n) is 8.89. The molecule has 5 nitrogen and oxygen atoms in total. The van der Waals surface area contributed by atoms with Crippen molar-refractivity contribution in [3.63, 3.8) is 0 Å². The zero-order chi connectivity index (χ0) is 20.1. The summed E-state index contributed by atoms with van der Waals surface area (Å²) in [5.74, 6) is -0.744. The molecule has 3 aromatic rings. The minimum absolute atomic E-state index is 0.330. The van der Waals surface area contributed by atoms with Crippen LogP contribution in [0.1, 0.15) is 29.8 Å². The minimum atomic E-state index is -0.736. The molecular weight excluding hydrogens is 394 g/mol. The van der Waals surface area contributed by atoms with Crippen LogP contribution in [-0.2, 0) is 11.2 Å². The van der Waals surface area contributed by atoms with Crippen LogP contribution in [0.2, 0.25) is 5.02 Å². The normalized spacial score (nSPS) is 11.7. The topological polar surface area (TPSA) is 71.1 Å². The van der Waals surface area contributed by atoms with Crippen molar-refractivity contribution in [2.45, 2.75) is 26.3 Å². The standard InChI is InChI=1S/C21H20ClN3O2S/c1-3-14-8-10-15(11-9-14)18-12-28-21(24-18)25-19(26)13(2)23-20(27)16-6-4-5-7-17(16)22/h4-13H,3H2,1-2H3,(H,23,27)(H,24,25,26)/t13-/m0/s1. The van der Waals surface area contributed by atoms with E-state index in [0.29, 0.717) is 15.7 Å². The van der Waals surface area contributed by atoms with Gasteiger partial charge in [0.25, 0.3) is 5.91 Å². The van der Waals surface area contributed by atoms with E-state index in [1.807, 2.05) is 17.5 Å². The molecule has 2 amide bonds. The fraction of sp³-hybridized carbons (Fsp3) is 0.190. The van der Waals surface area contributed by atoms with E-state index in [2.05, 4.69) is 34.7 Å². The van der Waals surface area contributed by atoms with Gasteiger partial charge in [0.1, 0.15) is 6.04 Å². The number of carbonyl (C=O) groups excluding carboxylic acids is 2. The summed E-state index contributed by atoms with van der Waals surface area (Å²) in [7, 11) is 0. The van der Waals surface area contributed by atoms with Crippen molar-refractivity contribution < 1.29 is 9.59 Å². The predicted octanol–water partition coefficient (Wildman–Crippen LogP) is 4.78. The Morgan fingerprint density at radius 2 is 1.86 bits per heavy atom. The summed E-state index contributed by atoms with van der Waals surface area (Å²) in [5, 5.41) is 8.11. The molecule has 1 heterocycles. The maximum absolute atomic E-state index is 12.4. The van der Waals surface area contributed by atoms with Gasteiger partial charge in [0.2, 0.25) is 5.91 Å². The van der Waals surface area contributed by atoms with Crippen LogP contribution >= 0.6 is 22.9 Å². The van der Waals surface area contributed by atoms with Gasteiger partial charge in [-0.1, -0.05) is 54.9 Å². The van der Waals surface area contributed by atoms with Gasteiger partial charge in [0.05, 0.1) is 16.3 Å². The Balaban J connectivity index is 1.62. The van der Waals surface area contributed by atoms with Crippen LogP contribution in [0.4, 0.5) is 5.13 Å². The number of rotatable bonds is 6. The third kappa shape index (κ3) is 4.77. The van der Waals surface area contributed by atoms with Gasteiger partial charge < -0.3 is 10.6 Å². The first-order valence-corrected chi connectivity index (χ1v) is 10.1. The quantitative estimate of drug-likeness (QED) is 0.610. The van der Waals surface area contributed by atoms with Crippen LogP contribution in [0.3, 0.4) is 0 Å². The highest BCUT2D eigenvalue weighted by molar-refractivity contribution is 7.14. The number of thiazole rings is 1. The molecular formula is C21H20ClN3O2S. The average molecular weight is 414 g/mol. The highest BCUT2D eigenvalue weighted by atomic mass is 35.5. The molecule has 0 saturated carbocycles. The van der Waals surface area contributed by atoms with E-state index >= 15 is 0 Å².